The molecule has 0 aliphatic carbocycles. The summed E-state index contributed by atoms with van der Waals surface area (Å²) in [4.78, 5) is 29.8. The minimum atomic E-state index is -2.14. The molecule has 2 aliphatic heterocycles. The lowest BCUT2D eigenvalue weighted by Crippen LogP contribution is -2.62. The molecule has 0 unspecified atom stereocenters. The predicted molar refractivity (Wildman–Crippen MR) is 121 cm³/mol. The Morgan fingerprint density at radius 1 is 1.13 bits per heavy atom. The van der Waals surface area contributed by atoms with Gasteiger partial charge in [0.05, 0.1) is 5.69 Å². The number of carbonyl (C=O) groups excluding carboxylic acids is 2. The van der Waals surface area contributed by atoms with Crippen molar-refractivity contribution in [1.82, 2.24) is 10.2 Å². The quantitative estimate of drug-likeness (QED) is 0.625. The summed E-state index contributed by atoms with van der Waals surface area (Å²) in [7, 11) is 0. The molecule has 4 rings (SSSR count). The van der Waals surface area contributed by atoms with Gasteiger partial charge in [0.25, 0.3) is 11.6 Å². The molecule has 0 bridgehead atoms. The van der Waals surface area contributed by atoms with E-state index in [9.17, 15) is 14.7 Å². The molecule has 31 heavy (non-hydrogen) atoms. The average molecular weight is 423 g/mol. The van der Waals surface area contributed by atoms with Crippen LogP contribution >= 0.6 is 0 Å². The molecule has 2 heterocycles. The Hall–Kier alpha value is -2.90. The number of nitrogens with zero attached hydrogens (tertiary/aromatic N) is 2. The average Bonchev–Trinajstić information content (AvgIpc) is 2.78. The first-order valence-corrected chi connectivity index (χ1v) is 11.0. The second-order valence-corrected chi connectivity index (χ2v) is 8.45. The zero-order valence-electron chi connectivity index (χ0n) is 17.9. The van der Waals surface area contributed by atoms with Crippen molar-refractivity contribution in [2.75, 3.05) is 36.4 Å². The number of piperidine rings is 1. The van der Waals surface area contributed by atoms with Crippen molar-refractivity contribution in [2.45, 2.75) is 31.9 Å². The second-order valence-electron chi connectivity index (χ2n) is 8.45. The van der Waals surface area contributed by atoms with Gasteiger partial charge in [-0.25, -0.2) is 4.79 Å². The summed E-state index contributed by atoms with van der Waals surface area (Å²) < 4.78 is 0. The van der Waals surface area contributed by atoms with Crippen LogP contribution < -0.4 is 15.5 Å². The number of hydrogen-bond acceptors (Lipinski definition) is 4. The molecule has 3 amide bonds. The van der Waals surface area contributed by atoms with Crippen LogP contribution in [0.2, 0.25) is 0 Å². The number of likely N-dealkylation sites (tertiary alicyclic amines) is 1. The van der Waals surface area contributed by atoms with E-state index in [1.54, 1.807) is 48.5 Å². The van der Waals surface area contributed by atoms with E-state index >= 15 is 0 Å². The molecule has 1 saturated heterocycles. The maximum Gasteiger partial charge on any atom is 0.329 e. The van der Waals surface area contributed by atoms with Crippen LogP contribution in [0.1, 0.15) is 31.7 Å². The lowest BCUT2D eigenvalue weighted by atomic mass is 9.94. The van der Waals surface area contributed by atoms with E-state index in [-0.39, 0.29) is 0 Å². The van der Waals surface area contributed by atoms with Gasteiger partial charge in [-0.3, -0.25) is 9.69 Å². The number of aliphatic hydroxyl groups is 1. The van der Waals surface area contributed by atoms with E-state index in [4.69, 9.17) is 0 Å². The summed E-state index contributed by atoms with van der Waals surface area (Å²) >= 11 is 0. The van der Waals surface area contributed by atoms with Crippen molar-refractivity contribution in [1.29, 1.82) is 0 Å². The summed E-state index contributed by atoms with van der Waals surface area (Å²) in [5.74, 6) is 0.178. The monoisotopic (exact) mass is 422 g/mol. The van der Waals surface area contributed by atoms with Gasteiger partial charge >= 0.3 is 6.03 Å². The molecule has 2 aliphatic rings. The fraction of sp³-hybridized carbons (Fsp3) is 0.417. The zero-order valence-corrected chi connectivity index (χ0v) is 17.9. The van der Waals surface area contributed by atoms with Gasteiger partial charge in [0.2, 0.25) is 0 Å². The van der Waals surface area contributed by atoms with Gasteiger partial charge < -0.3 is 20.6 Å². The van der Waals surface area contributed by atoms with E-state index in [0.717, 1.165) is 36.9 Å². The number of carbonyl (C=O) groups is 2. The van der Waals surface area contributed by atoms with Crippen molar-refractivity contribution in [3.05, 3.63) is 60.2 Å². The first-order chi connectivity index (χ1) is 15.0. The summed E-state index contributed by atoms with van der Waals surface area (Å²) in [6.45, 7) is 5.81. The summed E-state index contributed by atoms with van der Waals surface area (Å²) in [5.41, 5.74) is -0.920. The van der Waals surface area contributed by atoms with Crippen LogP contribution in [0.25, 0.3) is 0 Å². The van der Waals surface area contributed by atoms with E-state index < -0.39 is 17.7 Å². The Kier molecular flexibility index (Phi) is 6.25. The van der Waals surface area contributed by atoms with Gasteiger partial charge in [0.15, 0.2) is 0 Å². The Balaban J connectivity index is 1.51. The van der Waals surface area contributed by atoms with Gasteiger partial charge in [0.1, 0.15) is 0 Å². The summed E-state index contributed by atoms with van der Waals surface area (Å²) in [6, 6.07) is 15.0. The maximum atomic E-state index is 13.3. The molecule has 2 aromatic carbocycles. The van der Waals surface area contributed by atoms with Crippen LogP contribution in [0.5, 0.6) is 0 Å². The fourth-order valence-corrected chi connectivity index (χ4v) is 4.35. The SMILES string of the molecule is CC1CCN(CCCNC(=O)[C@@]2(O)c3ccccc3NC(=O)N2c2ccccc2)CC1. The maximum absolute atomic E-state index is 13.3. The van der Waals surface area contributed by atoms with Crippen LogP contribution in [-0.2, 0) is 10.5 Å². The van der Waals surface area contributed by atoms with Crippen molar-refractivity contribution < 1.29 is 14.7 Å². The number of urea groups is 1. The number of rotatable bonds is 6. The van der Waals surface area contributed by atoms with Crippen LogP contribution in [0.15, 0.2) is 54.6 Å². The molecule has 3 N–H and O–H groups in total. The van der Waals surface area contributed by atoms with Crippen LogP contribution in [0, 0.1) is 5.92 Å². The third-order valence-corrected chi connectivity index (χ3v) is 6.21. The summed E-state index contributed by atoms with van der Waals surface area (Å²) in [5, 5.41) is 17.3. The first-order valence-electron chi connectivity index (χ1n) is 11.0. The largest absolute Gasteiger partial charge is 0.359 e. The third kappa shape index (κ3) is 4.29. The van der Waals surface area contributed by atoms with Gasteiger partial charge in [-0.2, -0.15) is 0 Å². The number of nitrogens with one attached hydrogen (secondary N) is 2. The molecular weight excluding hydrogens is 392 g/mol. The van der Waals surface area contributed by atoms with Crippen molar-refractivity contribution in [3.8, 4) is 0 Å². The van der Waals surface area contributed by atoms with E-state index in [1.807, 2.05) is 6.07 Å². The molecule has 7 heteroatoms. The fourth-order valence-electron chi connectivity index (χ4n) is 4.35. The Morgan fingerprint density at radius 3 is 2.55 bits per heavy atom. The highest BCUT2D eigenvalue weighted by molar-refractivity contribution is 6.11. The van der Waals surface area contributed by atoms with Crippen molar-refractivity contribution >= 4 is 23.3 Å². The molecule has 164 valence electrons. The normalized spacial score (nSPS) is 22.0. The molecule has 7 nitrogen and oxygen atoms in total. The van der Waals surface area contributed by atoms with Crippen LogP contribution in [0.3, 0.4) is 0 Å². The van der Waals surface area contributed by atoms with Crippen LogP contribution in [-0.4, -0.2) is 48.1 Å². The molecule has 2 aromatic rings. The second kappa shape index (κ2) is 9.08. The van der Waals surface area contributed by atoms with E-state index in [2.05, 4.69) is 22.5 Å². The highest BCUT2D eigenvalue weighted by Gasteiger charge is 2.51. The van der Waals surface area contributed by atoms with Gasteiger partial charge in [0, 0.05) is 17.8 Å². The topological polar surface area (TPSA) is 84.9 Å². The Labute approximate surface area is 183 Å². The van der Waals surface area contributed by atoms with Crippen molar-refractivity contribution in [3.63, 3.8) is 0 Å². The number of fused-ring (bicyclic) bond motifs is 1. The molecule has 0 radical (unpaired) electrons. The molecule has 0 saturated carbocycles. The number of anilines is 2. The van der Waals surface area contributed by atoms with Gasteiger partial charge in [-0.05, 0) is 63.0 Å². The molecule has 1 atom stereocenters. The Morgan fingerprint density at radius 2 is 1.81 bits per heavy atom. The zero-order chi connectivity index (χ0) is 21.8. The number of amides is 3. The molecule has 0 aromatic heterocycles. The molecule has 1 fully saturated rings. The first kappa shape index (κ1) is 21.3. The van der Waals surface area contributed by atoms with Gasteiger partial charge in [-0.1, -0.05) is 43.3 Å². The number of benzene rings is 2. The molecule has 0 spiro atoms. The number of para-hydroxylation sites is 2. The minimum Gasteiger partial charge on any atom is -0.359 e. The van der Waals surface area contributed by atoms with Crippen molar-refractivity contribution in [2.24, 2.45) is 5.92 Å². The van der Waals surface area contributed by atoms with E-state index in [0.29, 0.717) is 23.5 Å². The minimum absolute atomic E-state index is 0.348. The smallest absolute Gasteiger partial charge is 0.329 e. The highest BCUT2D eigenvalue weighted by atomic mass is 16.3. The van der Waals surface area contributed by atoms with Crippen LogP contribution in [0.4, 0.5) is 16.2 Å². The summed E-state index contributed by atoms with van der Waals surface area (Å²) in [6.07, 6.45) is 3.21. The Bertz CT molecular complexity index is 927. The van der Waals surface area contributed by atoms with E-state index in [1.165, 1.54) is 12.8 Å². The predicted octanol–water partition coefficient (Wildman–Crippen LogP) is 3.12. The lowest BCUT2D eigenvalue weighted by molar-refractivity contribution is -0.140. The third-order valence-electron chi connectivity index (χ3n) is 6.21. The lowest BCUT2D eigenvalue weighted by Gasteiger charge is -2.42. The standard InChI is InChI=1S/C24H30N4O3/c1-18-12-16-27(17-13-18)15-7-14-25-22(29)24(31)20-10-5-6-11-21(20)26-23(30)28(24)19-8-3-2-4-9-19/h2-6,8-11,18,31H,7,12-17H2,1H3,(H,25,29)(H,26,30)/t24-/m0/s1. The number of hydrogen-bond donors (Lipinski definition) is 3. The van der Waals surface area contributed by atoms with Gasteiger partial charge in [-0.15, -0.1) is 0 Å². The molecular formula is C24H30N4O3. The highest BCUT2D eigenvalue weighted by Crippen LogP contribution is 2.39.